The van der Waals surface area contributed by atoms with E-state index in [0.29, 0.717) is 13.3 Å². The number of nitrogens with two attached hydrogens (primary N) is 1. The van der Waals surface area contributed by atoms with Crippen molar-refractivity contribution in [3.63, 3.8) is 0 Å². The first-order valence-electron chi connectivity index (χ1n) is 5.30. The van der Waals surface area contributed by atoms with Crippen LogP contribution in [0.2, 0.25) is 25.7 Å². The Morgan fingerprint density at radius 3 is 2.62 bits per heavy atom. The topological polar surface area (TPSA) is 53.1 Å². The SMILES string of the molecule is C.C[Si](C)(C)CCOCn1cc(CN)cn1. The van der Waals surface area contributed by atoms with Gasteiger partial charge in [0.1, 0.15) is 6.73 Å². The van der Waals surface area contributed by atoms with Crippen molar-refractivity contribution in [2.24, 2.45) is 5.73 Å². The quantitative estimate of drug-likeness (QED) is 0.616. The van der Waals surface area contributed by atoms with Gasteiger partial charge in [0, 0.05) is 33.0 Å². The van der Waals surface area contributed by atoms with Crippen molar-refractivity contribution in [1.29, 1.82) is 0 Å². The third kappa shape index (κ3) is 6.04. The summed E-state index contributed by atoms with van der Waals surface area (Å²) in [5.74, 6) is 0. The van der Waals surface area contributed by atoms with Crippen molar-refractivity contribution in [3.05, 3.63) is 18.0 Å². The van der Waals surface area contributed by atoms with Gasteiger partial charge >= 0.3 is 0 Å². The summed E-state index contributed by atoms with van der Waals surface area (Å²) in [5, 5.41) is 4.14. The fourth-order valence-corrected chi connectivity index (χ4v) is 1.88. The minimum Gasteiger partial charge on any atom is -0.360 e. The molecule has 2 N–H and O–H groups in total. The van der Waals surface area contributed by atoms with Gasteiger partial charge in [0.2, 0.25) is 0 Å². The lowest BCUT2D eigenvalue weighted by Crippen LogP contribution is -2.22. The first-order valence-corrected chi connectivity index (χ1v) is 9.01. The Balaban J connectivity index is 0.00000225. The van der Waals surface area contributed by atoms with Gasteiger partial charge in [0.25, 0.3) is 0 Å². The van der Waals surface area contributed by atoms with E-state index in [4.69, 9.17) is 10.5 Å². The molecule has 0 atom stereocenters. The molecule has 0 saturated heterocycles. The van der Waals surface area contributed by atoms with E-state index < -0.39 is 8.07 Å². The maximum atomic E-state index is 5.55. The Bertz CT molecular complexity index is 294. The van der Waals surface area contributed by atoms with Gasteiger partial charge < -0.3 is 10.5 Å². The Morgan fingerprint density at radius 1 is 1.44 bits per heavy atom. The molecule has 0 aliphatic carbocycles. The number of aromatic nitrogens is 2. The summed E-state index contributed by atoms with van der Waals surface area (Å²) < 4.78 is 7.33. The number of hydrogen-bond donors (Lipinski definition) is 1. The van der Waals surface area contributed by atoms with Crippen LogP contribution in [0.15, 0.2) is 12.4 Å². The zero-order valence-corrected chi connectivity index (χ0v) is 10.9. The van der Waals surface area contributed by atoms with Crippen LogP contribution in [0.1, 0.15) is 13.0 Å². The lowest BCUT2D eigenvalue weighted by Gasteiger charge is -2.15. The van der Waals surface area contributed by atoms with E-state index in [2.05, 4.69) is 24.7 Å². The van der Waals surface area contributed by atoms with Crippen LogP contribution >= 0.6 is 0 Å². The number of nitrogens with zero attached hydrogens (tertiary/aromatic N) is 2. The molecule has 0 unspecified atom stereocenters. The van der Waals surface area contributed by atoms with Gasteiger partial charge in [-0.3, -0.25) is 0 Å². The van der Waals surface area contributed by atoms with Crippen molar-refractivity contribution in [1.82, 2.24) is 9.78 Å². The van der Waals surface area contributed by atoms with Crippen LogP contribution < -0.4 is 5.73 Å². The second-order valence-electron chi connectivity index (χ2n) is 4.94. The minimum absolute atomic E-state index is 0. The van der Waals surface area contributed by atoms with Gasteiger partial charge in [-0.1, -0.05) is 27.1 Å². The first kappa shape index (κ1) is 15.3. The minimum atomic E-state index is -0.972. The van der Waals surface area contributed by atoms with E-state index in [-0.39, 0.29) is 7.43 Å². The van der Waals surface area contributed by atoms with Gasteiger partial charge in [-0.25, -0.2) is 4.68 Å². The average molecular weight is 243 g/mol. The van der Waals surface area contributed by atoms with E-state index in [1.165, 1.54) is 6.04 Å². The smallest absolute Gasteiger partial charge is 0.139 e. The van der Waals surface area contributed by atoms with Crippen molar-refractivity contribution < 1.29 is 4.74 Å². The fourth-order valence-electron chi connectivity index (χ4n) is 1.12. The Hall–Kier alpha value is -0.653. The third-order valence-corrected chi connectivity index (χ3v) is 3.85. The molecule has 4 nitrogen and oxygen atoms in total. The van der Waals surface area contributed by atoms with Crippen LogP contribution in [0.25, 0.3) is 0 Å². The second-order valence-corrected chi connectivity index (χ2v) is 10.6. The number of ether oxygens (including phenoxy) is 1. The summed E-state index contributed by atoms with van der Waals surface area (Å²) in [7, 11) is -0.972. The molecular weight excluding hydrogens is 218 g/mol. The number of hydrogen-bond acceptors (Lipinski definition) is 3. The molecule has 0 saturated carbocycles. The molecule has 16 heavy (non-hydrogen) atoms. The lowest BCUT2D eigenvalue weighted by molar-refractivity contribution is 0.0785. The Kier molecular flexibility index (Phi) is 6.55. The highest BCUT2D eigenvalue weighted by Crippen LogP contribution is 2.07. The van der Waals surface area contributed by atoms with Crippen LogP contribution in [-0.4, -0.2) is 24.5 Å². The summed E-state index contributed by atoms with van der Waals surface area (Å²) in [5.41, 5.74) is 6.53. The zero-order chi connectivity index (χ0) is 11.3. The molecule has 0 fully saturated rings. The maximum Gasteiger partial charge on any atom is 0.139 e. The van der Waals surface area contributed by atoms with Gasteiger partial charge in [-0.05, 0) is 6.04 Å². The molecule has 0 amide bonds. The van der Waals surface area contributed by atoms with Crippen molar-refractivity contribution in [2.45, 2.75) is 46.4 Å². The average Bonchev–Trinajstić information content (AvgIpc) is 2.59. The summed E-state index contributed by atoms with van der Waals surface area (Å²) in [6.45, 7) is 8.93. The molecule has 94 valence electrons. The van der Waals surface area contributed by atoms with E-state index >= 15 is 0 Å². The second kappa shape index (κ2) is 6.83. The standard InChI is InChI=1S/C10H21N3OSi.CH4/c1-15(2,3)5-4-14-9-13-8-10(6-11)7-12-13;/h7-8H,4-6,9,11H2,1-3H3;1H4. The molecule has 1 aromatic rings. The van der Waals surface area contributed by atoms with Crippen molar-refractivity contribution >= 4 is 8.07 Å². The Labute approximate surface area is 99.8 Å². The van der Waals surface area contributed by atoms with Gasteiger partial charge in [0.15, 0.2) is 0 Å². The molecule has 0 radical (unpaired) electrons. The molecule has 0 aromatic carbocycles. The van der Waals surface area contributed by atoms with E-state index in [1.807, 2.05) is 6.20 Å². The van der Waals surface area contributed by atoms with Crippen LogP contribution in [0.3, 0.4) is 0 Å². The summed E-state index contributed by atoms with van der Waals surface area (Å²) >= 11 is 0. The lowest BCUT2D eigenvalue weighted by atomic mass is 10.4. The predicted molar refractivity (Wildman–Crippen MR) is 71.0 cm³/mol. The zero-order valence-electron chi connectivity index (χ0n) is 9.86. The highest BCUT2D eigenvalue weighted by molar-refractivity contribution is 6.76. The van der Waals surface area contributed by atoms with E-state index in [1.54, 1.807) is 10.9 Å². The largest absolute Gasteiger partial charge is 0.360 e. The molecule has 5 heteroatoms. The Morgan fingerprint density at radius 2 is 2.12 bits per heavy atom. The van der Waals surface area contributed by atoms with Crippen molar-refractivity contribution in [3.8, 4) is 0 Å². The molecule has 0 spiro atoms. The maximum absolute atomic E-state index is 5.55. The number of rotatable bonds is 6. The monoisotopic (exact) mass is 243 g/mol. The fraction of sp³-hybridized carbons (Fsp3) is 0.727. The summed E-state index contributed by atoms with van der Waals surface area (Å²) in [6, 6.07) is 1.19. The van der Waals surface area contributed by atoms with E-state index in [0.717, 1.165) is 12.2 Å². The highest BCUT2D eigenvalue weighted by atomic mass is 28.3. The predicted octanol–water partition coefficient (Wildman–Crippen LogP) is 2.29. The van der Waals surface area contributed by atoms with E-state index in [9.17, 15) is 0 Å². The molecule has 0 bridgehead atoms. The van der Waals surface area contributed by atoms with Gasteiger partial charge in [-0.15, -0.1) is 0 Å². The first-order chi connectivity index (χ1) is 7.01. The molecule has 1 heterocycles. The highest BCUT2D eigenvalue weighted by Gasteiger charge is 2.11. The molecule has 1 aromatic heterocycles. The van der Waals surface area contributed by atoms with Gasteiger partial charge in [0.05, 0.1) is 6.20 Å². The van der Waals surface area contributed by atoms with Crippen LogP contribution in [0, 0.1) is 0 Å². The molecule has 0 aliphatic rings. The van der Waals surface area contributed by atoms with Crippen molar-refractivity contribution in [2.75, 3.05) is 6.61 Å². The normalized spacial score (nSPS) is 11.2. The molecular formula is C11H25N3OSi. The summed E-state index contributed by atoms with van der Waals surface area (Å²) in [4.78, 5) is 0. The van der Waals surface area contributed by atoms with Gasteiger partial charge in [-0.2, -0.15) is 5.10 Å². The van der Waals surface area contributed by atoms with Crippen LogP contribution in [0.5, 0.6) is 0 Å². The molecule has 0 aliphatic heterocycles. The van der Waals surface area contributed by atoms with Crippen LogP contribution in [-0.2, 0) is 18.0 Å². The molecule has 1 rings (SSSR count). The van der Waals surface area contributed by atoms with Crippen LogP contribution in [0.4, 0.5) is 0 Å². The summed E-state index contributed by atoms with van der Waals surface area (Å²) in [6.07, 6.45) is 3.70. The third-order valence-electron chi connectivity index (χ3n) is 2.14.